The van der Waals surface area contributed by atoms with Crippen LogP contribution in [0.1, 0.15) is 20.3 Å². The SMILES string of the molecule is CNCCN(C(=O)CCOC)C(C)C. The summed E-state index contributed by atoms with van der Waals surface area (Å²) in [6, 6.07) is 0.257. The molecule has 0 aliphatic heterocycles. The molecule has 0 aliphatic carbocycles. The molecule has 84 valence electrons. The summed E-state index contributed by atoms with van der Waals surface area (Å²) in [5.41, 5.74) is 0. The highest BCUT2D eigenvalue weighted by Crippen LogP contribution is 2.01. The zero-order valence-corrected chi connectivity index (χ0v) is 9.67. The number of hydrogen-bond acceptors (Lipinski definition) is 3. The molecule has 0 radical (unpaired) electrons. The van der Waals surface area contributed by atoms with Gasteiger partial charge in [-0.15, -0.1) is 0 Å². The van der Waals surface area contributed by atoms with E-state index in [1.54, 1.807) is 7.11 Å². The third-order valence-electron chi connectivity index (χ3n) is 2.07. The normalized spacial score (nSPS) is 10.6. The summed E-state index contributed by atoms with van der Waals surface area (Å²) in [7, 11) is 3.50. The Hall–Kier alpha value is -0.610. The van der Waals surface area contributed by atoms with Crippen LogP contribution in [0.3, 0.4) is 0 Å². The average molecular weight is 202 g/mol. The molecule has 14 heavy (non-hydrogen) atoms. The van der Waals surface area contributed by atoms with Crippen molar-refractivity contribution in [2.75, 3.05) is 33.9 Å². The lowest BCUT2D eigenvalue weighted by molar-refractivity contribution is -0.133. The Balaban J connectivity index is 3.98. The molecule has 0 aliphatic rings. The zero-order valence-electron chi connectivity index (χ0n) is 9.67. The second-order valence-electron chi connectivity index (χ2n) is 3.53. The van der Waals surface area contributed by atoms with Gasteiger partial charge in [0.05, 0.1) is 13.0 Å². The van der Waals surface area contributed by atoms with Crippen molar-refractivity contribution in [3.63, 3.8) is 0 Å². The van der Waals surface area contributed by atoms with Gasteiger partial charge in [-0.2, -0.15) is 0 Å². The first kappa shape index (κ1) is 13.4. The van der Waals surface area contributed by atoms with E-state index in [1.807, 2.05) is 25.8 Å². The number of amides is 1. The van der Waals surface area contributed by atoms with E-state index >= 15 is 0 Å². The van der Waals surface area contributed by atoms with Gasteiger partial charge in [0, 0.05) is 26.2 Å². The fraction of sp³-hybridized carbons (Fsp3) is 0.900. The molecule has 0 heterocycles. The number of nitrogens with one attached hydrogen (secondary N) is 1. The zero-order chi connectivity index (χ0) is 11.0. The predicted octanol–water partition coefficient (Wildman–Crippen LogP) is 0.479. The first-order valence-electron chi connectivity index (χ1n) is 5.06. The Bertz CT molecular complexity index is 160. The second kappa shape index (κ2) is 7.76. The van der Waals surface area contributed by atoms with Crippen LogP contribution in [-0.2, 0) is 9.53 Å². The Labute approximate surface area is 86.6 Å². The van der Waals surface area contributed by atoms with Crippen LogP contribution < -0.4 is 5.32 Å². The Morgan fingerprint density at radius 1 is 1.50 bits per heavy atom. The number of ether oxygens (including phenoxy) is 1. The third kappa shape index (κ3) is 5.19. The minimum absolute atomic E-state index is 0.164. The molecule has 0 saturated heterocycles. The van der Waals surface area contributed by atoms with Crippen LogP contribution in [0.25, 0.3) is 0 Å². The van der Waals surface area contributed by atoms with Crippen molar-refractivity contribution in [2.45, 2.75) is 26.3 Å². The topological polar surface area (TPSA) is 41.6 Å². The highest BCUT2D eigenvalue weighted by atomic mass is 16.5. The van der Waals surface area contributed by atoms with Gasteiger partial charge in [0.15, 0.2) is 0 Å². The van der Waals surface area contributed by atoms with Gasteiger partial charge in [-0.05, 0) is 20.9 Å². The van der Waals surface area contributed by atoms with Crippen molar-refractivity contribution >= 4 is 5.91 Å². The summed E-state index contributed by atoms with van der Waals surface area (Å²) >= 11 is 0. The number of hydrogen-bond donors (Lipinski definition) is 1. The van der Waals surface area contributed by atoms with E-state index in [9.17, 15) is 4.79 Å². The number of carbonyl (C=O) groups is 1. The van der Waals surface area contributed by atoms with Crippen LogP contribution in [0.2, 0.25) is 0 Å². The summed E-state index contributed by atoms with van der Waals surface area (Å²) in [6.07, 6.45) is 0.471. The maximum Gasteiger partial charge on any atom is 0.225 e. The molecular weight excluding hydrogens is 180 g/mol. The smallest absolute Gasteiger partial charge is 0.225 e. The fourth-order valence-corrected chi connectivity index (χ4v) is 1.24. The maximum atomic E-state index is 11.7. The molecule has 1 N–H and O–H groups in total. The van der Waals surface area contributed by atoms with Crippen LogP contribution in [-0.4, -0.2) is 50.7 Å². The minimum atomic E-state index is 0.164. The van der Waals surface area contributed by atoms with E-state index in [1.165, 1.54) is 0 Å². The van der Waals surface area contributed by atoms with E-state index in [0.717, 1.165) is 13.1 Å². The molecule has 0 atom stereocenters. The lowest BCUT2D eigenvalue weighted by atomic mass is 10.2. The van der Waals surface area contributed by atoms with Crippen LogP contribution in [0.5, 0.6) is 0 Å². The van der Waals surface area contributed by atoms with Crippen molar-refractivity contribution in [3.05, 3.63) is 0 Å². The summed E-state index contributed by atoms with van der Waals surface area (Å²) < 4.78 is 4.88. The minimum Gasteiger partial charge on any atom is -0.384 e. The number of carbonyl (C=O) groups excluding carboxylic acids is 1. The summed E-state index contributed by atoms with van der Waals surface area (Å²) in [5.74, 6) is 0.164. The van der Waals surface area contributed by atoms with Gasteiger partial charge in [0.25, 0.3) is 0 Å². The largest absolute Gasteiger partial charge is 0.384 e. The van der Waals surface area contributed by atoms with E-state index in [0.29, 0.717) is 13.0 Å². The number of likely N-dealkylation sites (N-methyl/N-ethyl adjacent to an activating group) is 1. The Morgan fingerprint density at radius 2 is 2.14 bits per heavy atom. The molecule has 0 aromatic carbocycles. The quantitative estimate of drug-likeness (QED) is 0.653. The van der Waals surface area contributed by atoms with Gasteiger partial charge < -0.3 is 15.0 Å². The Kier molecular flexibility index (Phi) is 7.42. The molecule has 0 aromatic rings. The van der Waals surface area contributed by atoms with Crippen molar-refractivity contribution < 1.29 is 9.53 Å². The molecule has 4 nitrogen and oxygen atoms in total. The molecule has 0 saturated carbocycles. The molecule has 0 unspecified atom stereocenters. The lowest BCUT2D eigenvalue weighted by Gasteiger charge is -2.26. The van der Waals surface area contributed by atoms with Crippen molar-refractivity contribution in [1.82, 2.24) is 10.2 Å². The van der Waals surface area contributed by atoms with Gasteiger partial charge >= 0.3 is 0 Å². The standard InChI is InChI=1S/C10H22N2O2/c1-9(2)12(7-6-11-3)10(13)5-8-14-4/h9,11H,5-8H2,1-4H3. The van der Waals surface area contributed by atoms with Crippen LogP contribution in [0.15, 0.2) is 0 Å². The van der Waals surface area contributed by atoms with Crippen LogP contribution >= 0.6 is 0 Å². The van der Waals surface area contributed by atoms with Crippen molar-refractivity contribution in [1.29, 1.82) is 0 Å². The molecule has 0 aromatic heterocycles. The van der Waals surface area contributed by atoms with Gasteiger partial charge in [0.1, 0.15) is 0 Å². The molecule has 0 spiro atoms. The maximum absolute atomic E-state index is 11.7. The predicted molar refractivity (Wildman–Crippen MR) is 57.3 cm³/mol. The second-order valence-corrected chi connectivity index (χ2v) is 3.53. The Morgan fingerprint density at radius 3 is 2.57 bits per heavy atom. The summed E-state index contributed by atoms with van der Waals surface area (Å²) in [4.78, 5) is 13.5. The highest BCUT2D eigenvalue weighted by molar-refractivity contribution is 5.76. The number of nitrogens with zero attached hydrogens (tertiary/aromatic N) is 1. The molecule has 0 rings (SSSR count). The number of rotatable bonds is 7. The molecular formula is C10H22N2O2. The van der Waals surface area contributed by atoms with Crippen molar-refractivity contribution in [3.8, 4) is 0 Å². The van der Waals surface area contributed by atoms with Gasteiger partial charge in [-0.3, -0.25) is 4.79 Å². The van der Waals surface area contributed by atoms with Gasteiger partial charge in [0.2, 0.25) is 5.91 Å². The lowest BCUT2D eigenvalue weighted by Crippen LogP contribution is -2.41. The third-order valence-corrected chi connectivity index (χ3v) is 2.07. The van der Waals surface area contributed by atoms with Gasteiger partial charge in [-0.1, -0.05) is 0 Å². The molecule has 0 bridgehead atoms. The van der Waals surface area contributed by atoms with E-state index in [2.05, 4.69) is 5.32 Å². The first-order chi connectivity index (χ1) is 6.63. The average Bonchev–Trinajstić information content (AvgIpc) is 2.14. The first-order valence-corrected chi connectivity index (χ1v) is 5.06. The fourth-order valence-electron chi connectivity index (χ4n) is 1.24. The van der Waals surface area contributed by atoms with Crippen molar-refractivity contribution in [2.24, 2.45) is 0 Å². The monoisotopic (exact) mass is 202 g/mol. The number of methoxy groups -OCH3 is 1. The van der Waals surface area contributed by atoms with E-state index in [-0.39, 0.29) is 11.9 Å². The molecule has 0 fully saturated rings. The van der Waals surface area contributed by atoms with Crippen LogP contribution in [0, 0.1) is 0 Å². The van der Waals surface area contributed by atoms with Gasteiger partial charge in [-0.25, -0.2) is 0 Å². The van der Waals surface area contributed by atoms with Crippen LogP contribution in [0.4, 0.5) is 0 Å². The van der Waals surface area contributed by atoms with E-state index < -0.39 is 0 Å². The molecule has 4 heteroatoms. The molecule has 1 amide bonds. The van der Waals surface area contributed by atoms with E-state index in [4.69, 9.17) is 4.74 Å². The summed E-state index contributed by atoms with van der Waals surface area (Å²) in [6.45, 7) is 6.15. The summed E-state index contributed by atoms with van der Waals surface area (Å²) in [5, 5.41) is 3.04. The highest BCUT2D eigenvalue weighted by Gasteiger charge is 2.15.